The summed E-state index contributed by atoms with van der Waals surface area (Å²) >= 11 is 5.96. The maximum atomic E-state index is 11.3. The summed E-state index contributed by atoms with van der Waals surface area (Å²) in [6.07, 6.45) is 3.29. The molecule has 0 spiro atoms. The number of nitrogens with two attached hydrogens (primary N) is 1. The van der Waals surface area contributed by atoms with Crippen LogP contribution in [0.2, 0.25) is 5.02 Å². The van der Waals surface area contributed by atoms with Gasteiger partial charge in [-0.2, -0.15) is 0 Å². The molecule has 0 atom stereocenters. The molecule has 7 nitrogen and oxygen atoms in total. The van der Waals surface area contributed by atoms with Crippen molar-refractivity contribution in [1.29, 1.82) is 0 Å². The molecule has 0 saturated carbocycles. The minimum Gasteiger partial charge on any atom is -0.489 e. The highest BCUT2D eigenvalue weighted by molar-refractivity contribution is 6.30. The number of hydrogen-bond acceptors (Lipinski definition) is 6. The third-order valence-electron chi connectivity index (χ3n) is 4.53. The summed E-state index contributed by atoms with van der Waals surface area (Å²) in [6, 6.07) is 16.5. The number of fused-ring (bicyclic) bond motifs is 1. The van der Waals surface area contributed by atoms with Gasteiger partial charge in [-0.25, -0.2) is 9.97 Å². The van der Waals surface area contributed by atoms with E-state index < -0.39 is 5.91 Å². The van der Waals surface area contributed by atoms with E-state index in [-0.39, 0.29) is 12.3 Å². The molecule has 150 valence electrons. The Morgan fingerprint density at radius 2 is 1.90 bits per heavy atom. The first-order valence-corrected chi connectivity index (χ1v) is 9.51. The lowest BCUT2D eigenvalue weighted by atomic mass is 10.2. The van der Waals surface area contributed by atoms with Crippen molar-refractivity contribution >= 4 is 40.0 Å². The number of carbonyl (C=O) groups is 1. The van der Waals surface area contributed by atoms with Crippen LogP contribution in [-0.4, -0.2) is 27.9 Å². The average molecular weight is 420 g/mol. The van der Waals surface area contributed by atoms with E-state index in [1.165, 1.54) is 6.20 Å². The number of benzene rings is 2. The number of amides is 1. The third kappa shape index (κ3) is 4.31. The molecule has 0 aliphatic heterocycles. The van der Waals surface area contributed by atoms with Gasteiger partial charge in [0.2, 0.25) is 5.95 Å². The van der Waals surface area contributed by atoms with Crippen LogP contribution in [0.5, 0.6) is 5.75 Å². The van der Waals surface area contributed by atoms with Crippen molar-refractivity contribution in [2.45, 2.75) is 6.61 Å². The van der Waals surface area contributed by atoms with Gasteiger partial charge >= 0.3 is 0 Å². The molecule has 30 heavy (non-hydrogen) atoms. The van der Waals surface area contributed by atoms with Crippen molar-refractivity contribution in [3.63, 3.8) is 0 Å². The topological polar surface area (TPSA) is 94.2 Å². The second-order valence-electron chi connectivity index (χ2n) is 6.63. The van der Waals surface area contributed by atoms with Crippen molar-refractivity contribution in [1.82, 2.24) is 15.0 Å². The van der Waals surface area contributed by atoms with Crippen LogP contribution in [-0.2, 0) is 6.61 Å². The molecule has 0 aliphatic rings. The number of primary amides is 1. The molecule has 8 heteroatoms. The summed E-state index contributed by atoms with van der Waals surface area (Å²) in [6.45, 7) is 0.284. The first kappa shape index (κ1) is 19.6. The van der Waals surface area contributed by atoms with Crippen LogP contribution in [0.3, 0.4) is 0 Å². The lowest BCUT2D eigenvalue weighted by Gasteiger charge is -2.17. The van der Waals surface area contributed by atoms with Crippen molar-refractivity contribution < 1.29 is 9.53 Å². The molecular weight excluding hydrogens is 402 g/mol. The van der Waals surface area contributed by atoms with Gasteiger partial charge in [0.05, 0.1) is 5.52 Å². The fraction of sp³-hybridized carbons (Fsp3) is 0.0909. The monoisotopic (exact) mass is 419 g/mol. The minimum atomic E-state index is -0.570. The standard InChI is InChI=1S/C22H18ClN5O2/c1-28(17-4-2-16(23)3-5-17)22-26-12-15-11-18(6-7-19(15)27-22)30-13-14-8-9-25-20(10-14)21(24)29/h2-12H,13H2,1H3,(H2,24,29). The number of aromatic nitrogens is 3. The van der Waals surface area contributed by atoms with Crippen molar-refractivity contribution in [2.24, 2.45) is 5.73 Å². The van der Waals surface area contributed by atoms with Crippen LogP contribution in [0.1, 0.15) is 16.1 Å². The quantitative estimate of drug-likeness (QED) is 0.505. The molecule has 2 N–H and O–H groups in total. The average Bonchev–Trinajstić information content (AvgIpc) is 2.77. The van der Waals surface area contributed by atoms with Gasteiger partial charge < -0.3 is 15.4 Å². The first-order chi connectivity index (χ1) is 14.5. The number of ether oxygens (including phenoxy) is 1. The summed E-state index contributed by atoms with van der Waals surface area (Å²) < 4.78 is 5.83. The molecule has 0 unspecified atom stereocenters. The predicted octanol–water partition coefficient (Wildman–Crippen LogP) is 4.12. The van der Waals surface area contributed by atoms with Crippen LogP contribution >= 0.6 is 11.6 Å². The highest BCUT2D eigenvalue weighted by atomic mass is 35.5. The van der Waals surface area contributed by atoms with Crippen molar-refractivity contribution in [3.05, 3.63) is 83.3 Å². The lowest BCUT2D eigenvalue weighted by Crippen LogP contribution is -2.13. The van der Waals surface area contributed by atoms with E-state index in [1.807, 2.05) is 54.4 Å². The largest absolute Gasteiger partial charge is 0.489 e. The zero-order valence-corrected chi connectivity index (χ0v) is 16.9. The summed E-state index contributed by atoms with van der Waals surface area (Å²) in [5.74, 6) is 0.677. The van der Waals surface area contributed by atoms with Crippen LogP contribution < -0.4 is 15.4 Å². The summed E-state index contributed by atoms with van der Waals surface area (Å²) in [4.78, 5) is 26.2. The minimum absolute atomic E-state index is 0.209. The van der Waals surface area contributed by atoms with Gasteiger partial charge in [0, 0.05) is 35.5 Å². The normalized spacial score (nSPS) is 10.7. The molecule has 0 bridgehead atoms. The highest BCUT2D eigenvalue weighted by Gasteiger charge is 2.09. The molecule has 0 fully saturated rings. The van der Waals surface area contributed by atoms with Crippen molar-refractivity contribution in [3.8, 4) is 5.75 Å². The number of hydrogen-bond donors (Lipinski definition) is 1. The molecule has 0 radical (unpaired) electrons. The molecule has 2 aromatic heterocycles. The second kappa shape index (κ2) is 8.34. The van der Waals surface area contributed by atoms with E-state index in [2.05, 4.69) is 15.0 Å². The Labute approximate surface area is 178 Å². The van der Waals surface area contributed by atoms with Crippen LogP contribution in [0.4, 0.5) is 11.6 Å². The van der Waals surface area contributed by atoms with Gasteiger partial charge in [-0.1, -0.05) is 11.6 Å². The van der Waals surface area contributed by atoms with Crippen molar-refractivity contribution in [2.75, 3.05) is 11.9 Å². The van der Waals surface area contributed by atoms with Gasteiger partial charge in [-0.3, -0.25) is 9.78 Å². The Morgan fingerprint density at radius 1 is 1.10 bits per heavy atom. The molecule has 4 rings (SSSR count). The maximum Gasteiger partial charge on any atom is 0.267 e. The van der Waals surface area contributed by atoms with Crippen LogP contribution in [0.25, 0.3) is 10.9 Å². The van der Waals surface area contributed by atoms with E-state index in [1.54, 1.807) is 18.3 Å². The Balaban J connectivity index is 1.51. The fourth-order valence-electron chi connectivity index (χ4n) is 2.90. The fourth-order valence-corrected chi connectivity index (χ4v) is 3.02. The number of nitrogens with zero attached hydrogens (tertiary/aromatic N) is 4. The zero-order valence-electron chi connectivity index (χ0n) is 16.1. The third-order valence-corrected chi connectivity index (χ3v) is 4.79. The summed E-state index contributed by atoms with van der Waals surface area (Å²) in [5, 5.41) is 1.53. The van der Waals surface area contributed by atoms with E-state index >= 15 is 0 Å². The first-order valence-electron chi connectivity index (χ1n) is 9.13. The van der Waals surface area contributed by atoms with E-state index in [9.17, 15) is 4.79 Å². The SMILES string of the molecule is CN(c1ccc(Cl)cc1)c1ncc2cc(OCc3ccnc(C(N)=O)c3)ccc2n1. The highest BCUT2D eigenvalue weighted by Crippen LogP contribution is 2.25. The Kier molecular flexibility index (Phi) is 5.45. The zero-order chi connectivity index (χ0) is 21.1. The molecule has 1 amide bonds. The van der Waals surface area contributed by atoms with Gasteiger partial charge in [-0.05, 0) is 60.2 Å². The number of halogens is 1. The smallest absolute Gasteiger partial charge is 0.267 e. The van der Waals surface area contributed by atoms with Gasteiger partial charge in [0.15, 0.2) is 0 Å². The number of pyridine rings is 1. The Hall–Kier alpha value is -3.71. The summed E-state index contributed by atoms with van der Waals surface area (Å²) in [5.41, 5.74) is 8.01. The number of anilines is 2. The van der Waals surface area contributed by atoms with Gasteiger partial charge in [0.1, 0.15) is 18.1 Å². The molecule has 0 saturated heterocycles. The molecule has 4 aromatic rings. The summed E-state index contributed by atoms with van der Waals surface area (Å²) in [7, 11) is 1.90. The second-order valence-corrected chi connectivity index (χ2v) is 7.06. The molecule has 2 aromatic carbocycles. The van der Waals surface area contributed by atoms with Gasteiger partial charge in [-0.15, -0.1) is 0 Å². The van der Waals surface area contributed by atoms with Gasteiger partial charge in [0.25, 0.3) is 5.91 Å². The van der Waals surface area contributed by atoms with Crippen LogP contribution in [0.15, 0.2) is 67.0 Å². The van der Waals surface area contributed by atoms with E-state index in [0.29, 0.717) is 16.7 Å². The Bertz CT molecular complexity index is 1210. The predicted molar refractivity (Wildman–Crippen MR) is 116 cm³/mol. The van der Waals surface area contributed by atoms with Crippen LogP contribution in [0, 0.1) is 0 Å². The number of rotatable bonds is 6. The molecule has 2 heterocycles. The van der Waals surface area contributed by atoms with E-state index in [4.69, 9.17) is 22.1 Å². The number of carbonyl (C=O) groups excluding carboxylic acids is 1. The molecular formula is C22H18ClN5O2. The maximum absolute atomic E-state index is 11.3. The Morgan fingerprint density at radius 3 is 2.67 bits per heavy atom. The lowest BCUT2D eigenvalue weighted by molar-refractivity contribution is 0.0995. The van der Waals surface area contributed by atoms with E-state index in [0.717, 1.165) is 22.2 Å². The molecule has 0 aliphatic carbocycles.